The van der Waals surface area contributed by atoms with Crippen molar-refractivity contribution >= 4 is 29.5 Å². The molecule has 4 heterocycles. The number of benzene rings is 1. The highest BCUT2D eigenvalue weighted by Crippen LogP contribution is 2.30. The van der Waals surface area contributed by atoms with Crippen molar-refractivity contribution in [2.24, 2.45) is 0 Å². The molecule has 6 rings (SSSR count). The monoisotopic (exact) mass is 471 g/mol. The normalized spacial score (nSPS) is 16.5. The molecule has 11 heteroatoms. The van der Waals surface area contributed by atoms with Gasteiger partial charge < -0.3 is 19.9 Å². The van der Waals surface area contributed by atoms with Gasteiger partial charge in [0.15, 0.2) is 5.65 Å². The lowest BCUT2D eigenvalue weighted by molar-refractivity contribution is -0.115. The summed E-state index contributed by atoms with van der Waals surface area (Å²) in [6.45, 7) is 2.12. The zero-order valence-electron chi connectivity index (χ0n) is 18.7. The van der Waals surface area contributed by atoms with E-state index in [9.17, 15) is 9.59 Å². The van der Waals surface area contributed by atoms with Crippen LogP contribution in [0, 0.1) is 6.92 Å². The molecule has 35 heavy (non-hydrogen) atoms. The number of anilines is 1. The number of hydrogen-bond acceptors (Lipinski definition) is 8. The number of imide groups is 1. The lowest BCUT2D eigenvalue weighted by Crippen LogP contribution is -2.22. The average Bonchev–Trinajstić information content (AvgIpc) is 3.26. The minimum atomic E-state index is -0.556. The fraction of sp³-hybridized carbons (Fsp3) is 0.208. The van der Waals surface area contributed by atoms with Crippen LogP contribution in [0.4, 0.5) is 10.6 Å². The molecular weight excluding hydrogens is 450 g/mol. The number of amides is 3. The van der Waals surface area contributed by atoms with Gasteiger partial charge in [-0.3, -0.25) is 10.1 Å². The van der Waals surface area contributed by atoms with E-state index in [1.165, 1.54) is 0 Å². The number of nitrogens with zero attached hydrogens (tertiary/aromatic N) is 4. The van der Waals surface area contributed by atoms with Gasteiger partial charge in [-0.05, 0) is 38.0 Å². The Morgan fingerprint density at radius 1 is 1.23 bits per heavy atom. The number of carbonyl (C=O) groups is 2. The molecule has 3 aromatic heterocycles. The summed E-state index contributed by atoms with van der Waals surface area (Å²) in [5.74, 6) is 1.70. The number of aromatic nitrogens is 4. The number of carbonyl (C=O) groups excluding carboxylic acids is 2. The first kappa shape index (κ1) is 20.9. The summed E-state index contributed by atoms with van der Waals surface area (Å²) in [7, 11) is 0. The fourth-order valence-electron chi connectivity index (χ4n) is 3.80. The molecule has 3 amide bonds. The van der Waals surface area contributed by atoms with Crippen LogP contribution in [0.3, 0.4) is 0 Å². The van der Waals surface area contributed by atoms with Gasteiger partial charge in [-0.15, -0.1) is 0 Å². The maximum absolute atomic E-state index is 12.0. The summed E-state index contributed by atoms with van der Waals surface area (Å²) in [6, 6.07) is 11.2. The predicted octanol–water partition coefficient (Wildman–Crippen LogP) is 3.03. The molecule has 11 nitrogen and oxygen atoms in total. The van der Waals surface area contributed by atoms with Crippen molar-refractivity contribution in [1.82, 2.24) is 30.4 Å². The van der Waals surface area contributed by atoms with Crippen LogP contribution in [0.5, 0.6) is 5.75 Å². The Morgan fingerprint density at radius 2 is 2.11 bits per heavy atom. The molecule has 4 aromatic rings. The number of nitrogens with one attached hydrogen (secondary N) is 3. The Balaban J connectivity index is 1.37. The highest BCUT2D eigenvalue weighted by Gasteiger charge is 2.25. The maximum Gasteiger partial charge on any atom is 0.326 e. The van der Waals surface area contributed by atoms with Crippen LogP contribution in [0.15, 0.2) is 52.8 Å². The Morgan fingerprint density at radius 3 is 2.86 bits per heavy atom. The molecule has 1 aliphatic heterocycles. The zero-order chi connectivity index (χ0) is 23.9. The van der Waals surface area contributed by atoms with Crippen molar-refractivity contribution in [1.29, 1.82) is 0 Å². The second kappa shape index (κ2) is 8.28. The van der Waals surface area contributed by atoms with Crippen molar-refractivity contribution in [3.8, 4) is 17.0 Å². The third kappa shape index (κ3) is 4.31. The van der Waals surface area contributed by atoms with Crippen molar-refractivity contribution in [2.75, 3.05) is 5.32 Å². The highest BCUT2D eigenvalue weighted by molar-refractivity contribution is 6.14. The standard InChI is InChI=1S/C24H21N7O4/c1-13-7-17(30-35-13)12-34-18-4-2-3-14(8-18)19-10-21(26-16-5-6-16)31-22(27-19)15(11-25-31)9-20-23(32)29-24(33)28-20/h2-4,7-11,16,26H,5-6,12H2,1H3,(H2,28,29,32,33)/b20-9-. The van der Waals surface area contributed by atoms with Crippen LogP contribution in [-0.4, -0.2) is 37.7 Å². The molecular formula is C24H21N7O4. The van der Waals surface area contributed by atoms with E-state index in [2.05, 4.69) is 26.2 Å². The Labute approximate surface area is 199 Å². The van der Waals surface area contributed by atoms with Gasteiger partial charge in [-0.25, -0.2) is 9.78 Å². The molecule has 0 bridgehead atoms. The smallest absolute Gasteiger partial charge is 0.326 e. The van der Waals surface area contributed by atoms with E-state index in [0.29, 0.717) is 34.4 Å². The van der Waals surface area contributed by atoms with Gasteiger partial charge in [0.05, 0.1) is 11.9 Å². The molecule has 0 unspecified atom stereocenters. The van der Waals surface area contributed by atoms with E-state index < -0.39 is 11.9 Å². The van der Waals surface area contributed by atoms with E-state index >= 15 is 0 Å². The van der Waals surface area contributed by atoms with Gasteiger partial charge in [-0.2, -0.15) is 9.61 Å². The fourth-order valence-corrected chi connectivity index (χ4v) is 3.80. The van der Waals surface area contributed by atoms with Crippen LogP contribution >= 0.6 is 0 Å². The topological polar surface area (TPSA) is 136 Å². The SMILES string of the molecule is Cc1cc(COc2cccc(-c3cc(NC4CC4)n4ncc(/C=C5\NC(=O)NC5=O)c4n3)c2)no1. The molecule has 1 aliphatic carbocycles. The minimum Gasteiger partial charge on any atom is -0.487 e. The largest absolute Gasteiger partial charge is 0.487 e. The summed E-state index contributed by atoms with van der Waals surface area (Å²) in [5.41, 5.74) is 3.58. The summed E-state index contributed by atoms with van der Waals surface area (Å²) in [4.78, 5) is 28.3. The molecule has 1 aromatic carbocycles. The van der Waals surface area contributed by atoms with Gasteiger partial charge in [0.25, 0.3) is 5.91 Å². The third-order valence-corrected chi connectivity index (χ3v) is 5.64. The zero-order valence-corrected chi connectivity index (χ0v) is 18.7. The van der Waals surface area contributed by atoms with Crippen LogP contribution in [-0.2, 0) is 11.4 Å². The first-order chi connectivity index (χ1) is 17.0. The molecule has 0 radical (unpaired) electrons. The lowest BCUT2D eigenvalue weighted by Gasteiger charge is -2.11. The molecule has 176 valence electrons. The molecule has 2 aliphatic rings. The molecule has 3 N–H and O–H groups in total. The third-order valence-electron chi connectivity index (χ3n) is 5.64. The van der Waals surface area contributed by atoms with E-state index in [4.69, 9.17) is 14.2 Å². The van der Waals surface area contributed by atoms with Gasteiger partial charge in [0.2, 0.25) is 0 Å². The lowest BCUT2D eigenvalue weighted by atomic mass is 10.1. The highest BCUT2D eigenvalue weighted by atomic mass is 16.5. The Kier molecular flexibility index (Phi) is 4.94. The number of hydrogen-bond donors (Lipinski definition) is 3. The second-order valence-corrected chi connectivity index (χ2v) is 8.49. The summed E-state index contributed by atoms with van der Waals surface area (Å²) in [5, 5.41) is 16.6. The first-order valence-electron chi connectivity index (χ1n) is 11.2. The van der Waals surface area contributed by atoms with Gasteiger partial charge in [0, 0.05) is 29.3 Å². The quantitative estimate of drug-likeness (QED) is 0.276. The van der Waals surface area contributed by atoms with Gasteiger partial charge in [0.1, 0.15) is 35.3 Å². The van der Waals surface area contributed by atoms with E-state index in [-0.39, 0.29) is 12.3 Å². The van der Waals surface area contributed by atoms with Crippen molar-refractivity contribution in [3.63, 3.8) is 0 Å². The Hall–Kier alpha value is -4.67. The summed E-state index contributed by atoms with van der Waals surface area (Å²) in [6.07, 6.45) is 5.37. The van der Waals surface area contributed by atoms with Crippen LogP contribution in [0.1, 0.15) is 29.9 Å². The number of ether oxygens (including phenoxy) is 1. The van der Waals surface area contributed by atoms with E-state index in [1.54, 1.807) is 16.8 Å². The predicted molar refractivity (Wildman–Crippen MR) is 125 cm³/mol. The molecule has 2 fully saturated rings. The summed E-state index contributed by atoms with van der Waals surface area (Å²) < 4.78 is 12.7. The number of rotatable bonds is 7. The summed E-state index contributed by atoms with van der Waals surface area (Å²) >= 11 is 0. The molecule has 1 saturated carbocycles. The van der Waals surface area contributed by atoms with Crippen molar-refractivity contribution < 1.29 is 18.8 Å². The Bertz CT molecular complexity index is 1500. The van der Waals surface area contributed by atoms with Crippen LogP contribution in [0.2, 0.25) is 0 Å². The first-order valence-corrected chi connectivity index (χ1v) is 11.2. The van der Waals surface area contributed by atoms with Gasteiger partial charge >= 0.3 is 6.03 Å². The molecule has 0 atom stereocenters. The maximum atomic E-state index is 12.0. The van der Waals surface area contributed by atoms with E-state index in [1.807, 2.05) is 43.3 Å². The van der Waals surface area contributed by atoms with Crippen molar-refractivity contribution in [2.45, 2.75) is 32.4 Å². The van der Waals surface area contributed by atoms with Crippen LogP contribution < -0.4 is 20.7 Å². The average molecular weight is 471 g/mol. The van der Waals surface area contributed by atoms with Crippen molar-refractivity contribution in [3.05, 3.63) is 65.3 Å². The second-order valence-electron chi connectivity index (χ2n) is 8.49. The number of aryl methyl sites for hydroxylation is 1. The van der Waals surface area contributed by atoms with E-state index in [0.717, 1.165) is 30.0 Å². The number of fused-ring (bicyclic) bond motifs is 1. The molecule has 1 saturated heterocycles. The van der Waals surface area contributed by atoms with Crippen LogP contribution in [0.25, 0.3) is 23.0 Å². The minimum absolute atomic E-state index is 0.146. The number of urea groups is 1. The van der Waals surface area contributed by atoms with Gasteiger partial charge in [-0.1, -0.05) is 17.3 Å². The molecule has 0 spiro atoms.